The molecule has 4 nitrogen and oxygen atoms in total. The molecular weight excluding hydrogens is 382 g/mol. The molecule has 6 heteroatoms. The summed E-state index contributed by atoms with van der Waals surface area (Å²) in [5.41, 5.74) is 0.962. The second kappa shape index (κ2) is 8.22. The molecule has 1 amide bonds. The zero-order valence-electron chi connectivity index (χ0n) is 12.8. The smallest absolute Gasteiger partial charge is 0.258 e. The number of halogens is 2. The van der Waals surface area contributed by atoms with Gasteiger partial charge in [0.2, 0.25) is 0 Å². The largest absolute Gasteiger partial charge is 0.496 e. The number of hydrogen-bond acceptors (Lipinski definition) is 3. The first-order valence-electron chi connectivity index (χ1n) is 7.01. The lowest BCUT2D eigenvalue weighted by atomic mass is 10.1. The SMILES string of the molecule is COc1ccc(C(C)NC(=O)COc2ccccc2Cl)cc1Br. The second-order valence-electron chi connectivity index (χ2n) is 4.90. The minimum Gasteiger partial charge on any atom is -0.496 e. The van der Waals surface area contributed by atoms with Gasteiger partial charge in [0.05, 0.1) is 22.6 Å². The zero-order valence-corrected chi connectivity index (χ0v) is 15.1. The first-order chi connectivity index (χ1) is 11.0. The molecular formula is C17H17BrClNO3. The molecule has 0 saturated carbocycles. The van der Waals surface area contributed by atoms with Gasteiger partial charge in [-0.2, -0.15) is 0 Å². The Bertz CT molecular complexity index is 693. The third-order valence-electron chi connectivity index (χ3n) is 3.25. The van der Waals surface area contributed by atoms with Crippen molar-refractivity contribution in [2.75, 3.05) is 13.7 Å². The van der Waals surface area contributed by atoms with Crippen LogP contribution in [0.1, 0.15) is 18.5 Å². The van der Waals surface area contributed by atoms with E-state index < -0.39 is 0 Å². The first kappa shape index (κ1) is 17.6. The average molecular weight is 399 g/mol. The third-order valence-corrected chi connectivity index (χ3v) is 4.18. The highest BCUT2D eigenvalue weighted by Crippen LogP contribution is 2.28. The summed E-state index contributed by atoms with van der Waals surface area (Å²) in [4.78, 5) is 12.0. The van der Waals surface area contributed by atoms with E-state index in [9.17, 15) is 4.79 Å². The van der Waals surface area contributed by atoms with Crippen LogP contribution in [0.3, 0.4) is 0 Å². The van der Waals surface area contributed by atoms with Crippen LogP contribution in [-0.2, 0) is 4.79 Å². The average Bonchev–Trinajstić information content (AvgIpc) is 2.54. The number of benzene rings is 2. The van der Waals surface area contributed by atoms with E-state index in [1.165, 1.54) is 0 Å². The summed E-state index contributed by atoms with van der Waals surface area (Å²) in [6, 6.07) is 12.6. The molecule has 2 aromatic rings. The van der Waals surface area contributed by atoms with E-state index in [0.717, 1.165) is 15.8 Å². The third kappa shape index (κ3) is 4.88. The lowest BCUT2D eigenvalue weighted by Gasteiger charge is -2.16. The van der Waals surface area contributed by atoms with Crippen LogP contribution in [-0.4, -0.2) is 19.6 Å². The molecule has 1 atom stereocenters. The summed E-state index contributed by atoms with van der Waals surface area (Å²) in [7, 11) is 1.61. The molecule has 0 bridgehead atoms. The van der Waals surface area contributed by atoms with Gasteiger partial charge in [-0.15, -0.1) is 0 Å². The highest BCUT2D eigenvalue weighted by atomic mass is 79.9. The summed E-state index contributed by atoms with van der Waals surface area (Å²) >= 11 is 9.42. The predicted octanol–water partition coefficient (Wildman–Crippen LogP) is 4.37. The number of carbonyl (C=O) groups excluding carboxylic acids is 1. The normalized spacial score (nSPS) is 11.7. The molecule has 0 aromatic heterocycles. The molecule has 23 heavy (non-hydrogen) atoms. The number of hydrogen-bond donors (Lipinski definition) is 1. The van der Waals surface area contributed by atoms with Crippen molar-refractivity contribution in [1.82, 2.24) is 5.32 Å². The zero-order chi connectivity index (χ0) is 16.8. The molecule has 2 rings (SSSR count). The summed E-state index contributed by atoms with van der Waals surface area (Å²) < 4.78 is 11.5. The van der Waals surface area contributed by atoms with E-state index in [1.807, 2.05) is 25.1 Å². The van der Waals surface area contributed by atoms with Gasteiger partial charge in [0, 0.05) is 0 Å². The fourth-order valence-electron chi connectivity index (χ4n) is 2.02. The van der Waals surface area contributed by atoms with Gasteiger partial charge in [-0.3, -0.25) is 4.79 Å². The maximum Gasteiger partial charge on any atom is 0.258 e. The number of nitrogens with one attached hydrogen (secondary N) is 1. The Labute approximate surface area is 148 Å². The minimum atomic E-state index is -0.218. The standard InChI is InChI=1S/C17H17BrClNO3/c1-11(12-7-8-15(22-2)13(18)9-12)20-17(21)10-23-16-6-4-3-5-14(16)19/h3-9,11H,10H2,1-2H3,(H,20,21). The van der Waals surface area contributed by atoms with Crippen LogP contribution in [0.15, 0.2) is 46.9 Å². The van der Waals surface area contributed by atoms with Crippen molar-refractivity contribution in [2.24, 2.45) is 0 Å². The second-order valence-corrected chi connectivity index (χ2v) is 6.16. The van der Waals surface area contributed by atoms with E-state index in [-0.39, 0.29) is 18.6 Å². The molecule has 0 aliphatic carbocycles. The number of para-hydroxylation sites is 1. The van der Waals surface area contributed by atoms with Gasteiger partial charge in [-0.1, -0.05) is 29.8 Å². The molecule has 0 fully saturated rings. The van der Waals surface area contributed by atoms with Crippen LogP contribution < -0.4 is 14.8 Å². The van der Waals surface area contributed by atoms with Gasteiger partial charge in [-0.05, 0) is 52.7 Å². The van der Waals surface area contributed by atoms with E-state index in [1.54, 1.807) is 31.4 Å². The fourth-order valence-corrected chi connectivity index (χ4v) is 2.77. The van der Waals surface area contributed by atoms with Gasteiger partial charge >= 0.3 is 0 Å². The maximum atomic E-state index is 12.0. The number of rotatable bonds is 6. The van der Waals surface area contributed by atoms with E-state index in [2.05, 4.69) is 21.2 Å². The Morgan fingerprint density at radius 1 is 1.26 bits per heavy atom. The molecule has 0 heterocycles. The van der Waals surface area contributed by atoms with E-state index in [0.29, 0.717) is 10.8 Å². The van der Waals surface area contributed by atoms with Gasteiger partial charge in [0.15, 0.2) is 6.61 Å². The van der Waals surface area contributed by atoms with E-state index in [4.69, 9.17) is 21.1 Å². The summed E-state index contributed by atoms with van der Waals surface area (Å²) in [5, 5.41) is 3.36. The molecule has 0 aliphatic rings. The van der Waals surface area contributed by atoms with Crippen molar-refractivity contribution >= 4 is 33.4 Å². The van der Waals surface area contributed by atoms with Crippen molar-refractivity contribution in [1.29, 1.82) is 0 Å². The van der Waals surface area contributed by atoms with Crippen LogP contribution in [0.4, 0.5) is 0 Å². The monoisotopic (exact) mass is 397 g/mol. The van der Waals surface area contributed by atoms with Crippen molar-refractivity contribution in [3.63, 3.8) is 0 Å². The molecule has 1 unspecified atom stereocenters. The molecule has 0 aliphatic heterocycles. The van der Waals surface area contributed by atoms with Gasteiger partial charge in [0.1, 0.15) is 11.5 Å². The fraction of sp³-hybridized carbons (Fsp3) is 0.235. The van der Waals surface area contributed by atoms with E-state index >= 15 is 0 Å². The summed E-state index contributed by atoms with van der Waals surface area (Å²) in [6.07, 6.45) is 0. The van der Waals surface area contributed by atoms with Crippen molar-refractivity contribution in [2.45, 2.75) is 13.0 Å². The highest BCUT2D eigenvalue weighted by Gasteiger charge is 2.12. The molecule has 0 spiro atoms. The van der Waals surface area contributed by atoms with Crippen LogP contribution in [0.2, 0.25) is 5.02 Å². The van der Waals surface area contributed by atoms with Crippen LogP contribution in [0, 0.1) is 0 Å². The summed E-state index contributed by atoms with van der Waals surface area (Å²) in [6.45, 7) is 1.81. The molecule has 122 valence electrons. The van der Waals surface area contributed by atoms with Gasteiger partial charge in [-0.25, -0.2) is 0 Å². The summed E-state index contributed by atoms with van der Waals surface area (Å²) in [5.74, 6) is 1.02. The number of amides is 1. The van der Waals surface area contributed by atoms with Crippen LogP contribution >= 0.6 is 27.5 Å². The van der Waals surface area contributed by atoms with Crippen molar-refractivity contribution in [3.8, 4) is 11.5 Å². The lowest BCUT2D eigenvalue weighted by molar-refractivity contribution is -0.123. The van der Waals surface area contributed by atoms with Crippen LogP contribution in [0.5, 0.6) is 11.5 Å². The Kier molecular flexibility index (Phi) is 6.30. The number of ether oxygens (including phenoxy) is 2. The predicted molar refractivity (Wildman–Crippen MR) is 94.2 cm³/mol. The van der Waals surface area contributed by atoms with Crippen molar-refractivity contribution < 1.29 is 14.3 Å². The topological polar surface area (TPSA) is 47.6 Å². The van der Waals surface area contributed by atoms with Gasteiger partial charge in [0.25, 0.3) is 5.91 Å². The Balaban J connectivity index is 1.92. The number of carbonyl (C=O) groups is 1. The first-order valence-corrected chi connectivity index (χ1v) is 8.18. The maximum absolute atomic E-state index is 12.0. The molecule has 1 N–H and O–H groups in total. The lowest BCUT2D eigenvalue weighted by Crippen LogP contribution is -2.31. The number of methoxy groups -OCH3 is 1. The van der Waals surface area contributed by atoms with Gasteiger partial charge < -0.3 is 14.8 Å². The highest BCUT2D eigenvalue weighted by molar-refractivity contribution is 9.10. The molecule has 2 aromatic carbocycles. The van der Waals surface area contributed by atoms with Crippen LogP contribution in [0.25, 0.3) is 0 Å². The minimum absolute atomic E-state index is 0.0919. The quantitative estimate of drug-likeness (QED) is 0.786. The molecule has 0 saturated heterocycles. The van der Waals surface area contributed by atoms with Crippen molar-refractivity contribution in [3.05, 3.63) is 57.5 Å². The Hall–Kier alpha value is -1.72. The Morgan fingerprint density at radius 2 is 2.00 bits per heavy atom. The molecule has 0 radical (unpaired) electrons. The Morgan fingerprint density at radius 3 is 2.65 bits per heavy atom.